The minimum absolute atomic E-state index is 0.165. The Morgan fingerprint density at radius 3 is 2.52 bits per heavy atom. The first-order valence-electron chi connectivity index (χ1n) is 6.36. The number of rotatable bonds is 7. The van der Waals surface area contributed by atoms with Gasteiger partial charge in [-0.2, -0.15) is 4.31 Å². The lowest BCUT2D eigenvalue weighted by atomic mass is 10.4. The molecule has 5 nitrogen and oxygen atoms in total. The number of nitrogens with one attached hydrogen (secondary N) is 1. The van der Waals surface area contributed by atoms with Gasteiger partial charge in [0.2, 0.25) is 5.91 Å². The van der Waals surface area contributed by atoms with Gasteiger partial charge in [0.25, 0.3) is 10.0 Å². The van der Waals surface area contributed by atoms with Crippen LogP contribution in [0.15, 0.2) is 39.2 Å². The third kappa shape index (κ3) is 4.13. The van der Waals surface area contributed by atoms with Gasteiger partial charge in [0, 0.05) is 11.4 Å². The molecular weight excluding hydrogens is 328 g/mol. The number of hydrogen-bond acceptors (Lipinski definition) is 5. The molecule has 21 heavy (non-hydrogen) atoms. The Morgan fingerprint density at radius 1 is 1.24 bits per heavy atom. The number of thiophene rings is 2. The number of carbonyl (C=O) groups is 1. The van der Waals surface area contributed by atoms with Gasteiger partial charge in [-0.05, 0) is 22.9 Å². The van der Waals surface area contributed by atoms with Crippen LogP contribution in [0.5, 0.6) is 0 Å². The molecule has 0 aliphatic carbocycles. The molecule has 0 aliphatic heterocycles. The summed E-state index contributed by atoms with van der Waals surface area (Å²) in [7, 11) is -3.58. The second-order valence-corrected chi connectivity index (χ2v) is 8.36. The topological polar surface area (TPSA) is 66.5 Å². The lowest BCUT2D eigenvalue weighted by Gasteiger charge is -2.18. The zero-order valence-corrected chi connectivity index (χ0v) is 13.9. The third-order valence-electron chi connectivity index (χ3n) is 2.80. The highest BCUT2D eigenvalue weighted by molar-refractivity contribution is 7.91. The molecule has 0 radical (unpaired) electrons. The molecule has 0 fully saturated rings. The van der Waals surface area contributed by atoms with Crippen molar-refractivity contribution in [1.29, 1.82) is 0 Å². The molecule has 2 aromatic rings. The molecule has 0 aliphatic rings. The monoisotopic (exact) mass is 344 g/mol. The third-order valence-corrected chi connectivity index (χ3v) is 6.97. The van der Waals surface area contributed by atoms with E-state index in [1.807, 2.05) is 17.5 Å². The van der Waals surface area contributed by atoms with Crippen molar-refractivity contribution >= 4 is 38.6 Å². The Hall–Kier alpha value is -1.22. The number of hydrogen-bond donors (Lipinski definition) is 1. The number of nitrogens with zero attached hydrogens (tertiary/aromatic N) is 1. The van der Waals surface area contributed by atoms with Gasteiger partial charge in [-0.3, -0.25) is 4.79 Å². The summed E-state index contributed by atoms with van der Waals surface area (Å²) in [5, 5.41) is 6.37. The van der Waals surface area contributed by atoms with Crippen LogP contribution in [0, 0.1) is 0 Å². The highest BCUT2D eigenvalue weighted by Crippen LogP contribution is 2.20. The molecule has 2 aromatic heterocycles. The Labute approximate surface area is 132 Å². The molecule has 2 heterocycles. The Bertz CT molecular complexity index is 664. The van der Waals surface area contributed by atoms with Crippen molar-refractivity contribution in [2.45, 2.75) is 17.7 Å². The van der Waals surface area contributed by atoms with Gasteiger partial charge in [0.05, 0.1) is 13.1 Å². The lowest BCUT2D eigenvalue weighted by molar-refractivity contribution is -0.121. The normalized spacial score (nSPS) is 11.7. The lowest BCUT2D eigenvalue weighted by Crippen LogP contribution is -2.40. The van der Waals surface area contributed by atoms with Crippen LogP contribution in [0.25, 0.3) is 0 Å². The zero-order chi connectivity index (χ0) is 15.3. The van der Waals surface area contributed by atoms with Gasteiger partial charge < -0.3 is 5.32 Å². The van der Waals surface area contributed by atoms with Crippen molar-refractivity contribution in [2.24, 2.45) is 0 Å². The fourth-order valence-corrected chi connectivity index (χ4v) is 4.91. The van der Waals surface area contributed by atoms with Crippen molar-refractivity contribution in [3.05, 3.63) is 39.9 Å². The van der Waals surface area contributed by atoms with Crippen molar-refractivity contribution in [3.63, 3.8) is 0 Å². The first-order chi connectivity index (χ1) is 10.0. The maximum Gasteiger partial charge on any atom is 0.253 e. The molecule has 8 heteroatoms. The fraction of sp³-hybridized carbons (Fsp3) is 0.308. The van der Waals surface area contributed by atoms with Crippen molar-refractivity contribution < 1.29 is 13.2 Å². The van der Waals surface area contributed by atoms with E-state index in [1.165, 1.54) is 4.31 Å². The zero-order valence-electron chi connectivity index (χ0n) is 11.5. The number of sulfonamides is 1. The largest absolute Gasteiger partial charge is 0.350 e. The van der Waals surface area contributed by atoms with Crippen LogP contribution in [-0.2, 0) is 21.4 Å². The quantitative estimate of drug-likeness (QED) is 0.837. The molecule has 0 aromatic carbocycles. The summed E-state index contributed by atoms with van der Waals surface area (Å²) in [6.45, 7) is 2.24. The van der Waals surface area contributed by atoms with Crippen molar-refractivity contribution in [1.82, 2.24) is 9.62 Å². The standard InChI is InChI=1S/C13H16N2O3S3/c1-2-15(21(17,18)13-6-4-8-20-13)10-12(16)14-9-11-5-3-7-19-11/h3-8H,2,9-10H2,1H3,(H,14,16). The van der Waals surface area contributed by atoms with Gasteiger partial charge in [-0.15, -0.1) is 22.7 Å². The van der Waals surface area contributed by atoms with E-state index >= 15 is 0 Å². The van der Waals surface area contributed by atoms with Gasteiger partial charge in [0.15, 0.2) is 0 Å². The predicted octanol–water partition coefficient (Wildman–Crippen LogP) is 2.14. The molecule has 0 spiro atoms. The second kappa shape index (κ2) is 7.17. The first kappa shape index (κ1) is 16.2. The average Bonchev–Trinajstić information content (AvgIpc) is 3.14. The summed E-state index contributed by atoms with van der Waals surface area (Å²) in [6, 6.07) is 7.06. The second-order valence-electron chi connectivity index (χ2n) is 4.22. The average molecular weight is 344 g/mol. The molecule has 0 unspecified atom stereocenters. The maximum atomic E-state index is 12.4. The number of likely N-dealkylation sites (N-methyl/N-ethyl adjacent to an activating group) is 1. The molecule has 114 valence electrons. The Morgan fingerprint density at radius 2 is 1.95 bits per heavy atom. The van der Waals surface area contributed by atoms with Crippen LogP contribution in [0.2, 0.25) is 0 Å². The molecular formula is C13H16N2O3S3. The van der Waals surface area contributed by atoms with Crippen molar-refractivity contribution in [2.75, 3.05) is 13.1 Å². The van der Waals surface area contributed by atoms with Crippen LogP contribution in [0.3, 0.4) is 0 Å². The minimum Gasteiger partial charge on any atom is -0.350 e. The molecule has 1 N–H and O–H groups in total. The molecule has 2 rings (SSSR count). The van der Waals surface area contributed by atoms with E-state index in [-0.39, 0.29) is 23.2 Å². The SMILES string of the molecule is CCN(CC(=O)NCc1cccs1)S(=O)(=O)c1cccs1. The van der Waals surface area contributed by atoms with E-state index in [1.54, 1.807) is 35.8 Å². The molecule has 1 amide bonds. The van der Waals surface area contributed by atoms with Crippen LogP contribution in [0.1, 0.15) is 11.8 Å². The van der Waals surface area contributed by atoms with Crippen LogP contribution in [-0.4, -0.2) is 31.7 Å². The summed E-state index contributed by atoms with van der Waals surface area (Å²) < 4.78 is 26.1. The Balaban J connectivity index is 1.97. The van der Waals surface area contributed by atoms with Gasteiger partial charge in [-0.25, -0.2) is 8.42 Å². The smallest absolute Gasteiger partial charge is 0.253 e. The van der Waals surface area contributed by atoms with Crippen LogP contribution < -0.4 is 5.32 Å². The number of amides is 1. The molecule has 0 bridgehead atoms. The van der Waals surface area contributed by atoms with Crippen LogP contribution in [0.4, 0.5) is 0 Å². The van der Waals surface area contributed by atoms with E-state index < -0.39 is 10.0 Å². The summed E-state index contributed by atoms with van der Waals surface area (Å²) in [6.07, 6.45) is 0. The minimum atomic E-state index is -3.58. The van der Waals surface area contributed by atoms with E-state index in [9.17, 15) is 13.2 Å². The summed E-state index contributed by atoms with van der Waals surface area (Å²) in [5.74, 6) is -0.301. The molecule has 0 saturated heterocycles. The highest BCUT2D eigenvalue weighted by Gasteiger charge is 2.25. The number of carbonyl (C=O) groups excluding carboxylic acids is 1. The molecule has 0 saturated carbocycles. The maximum absolute atomic E-state index is 12.4. The van der Waals surface area contributed by atoms with E-state index in [0.717, 1.165) is 16.2 Å². The van der Waals surface area contributed by atoms with E-state index in [4.69, 9.17) is 0 Å². The van der Waals surface area contributed by atoms with Gasteiger partial charge in [0.1, 0.15) is 4.21 Å². The Kier molecular flexibility index (Phi) is 5.51. The van der Waals surface area contributed by atoms with Crippen LogP contribution >= 0.6 is 22.7 Å². The van der Waals surface area contributed by atoms with Gasteiger partial charge >= 0.3 is 0 Å². The van der Waals surface area contributed by atoms with E-state index in [0.29, 0.717) is 6.54 Å². The molecule has 0 atom stereocenters. The van der Waals surface area contributed by atoms with Crippen molar-refractivity contribution in [3.8, 4) is 0 Å². The summed E-state index contributed by atoms with van der Waals surface area (Å²) in [5.41, 5.74) is 0. The van der Waals surface area contributed by atoms with Gasteiger partial charge in [-0.1, -0.05) is 19.1 Å². The first-order valence-corrected chi connectivity index (χ1v) is 9.56. The van der Waals surface area contributed by atoms with E-state index in [2.05, 4.69) is 5.32 Å². The fourth-order valence-electron chi connectivity index (χ4n) is 1.72. The summed E-state index contributed by atoms with van der Waals surface area (Å²) in [4.78, 5) is 12.9. The summed E-state index contributed by atoms with van der Waals surface area (Å²) >= 11 is 2.70. The highest BCUT2D eigenvalue weighted by atomic mass is 32.2. The predicted molar refractivity (Wildman–Crippen MR) is 84.9 cm³/mol.